The molecule has 0 aliphatic heterocycles. The van der Waals surface area contributed by atoms with E-state index in [1.807, 2.05) is 0 Å². The van der Waals surface area contributed by atoms with Crippen molar-refractivity contribution < 1.29 is 0 Å². The maximum Gasteiger partial charge on any atom is -0.0117 e. The van der Waals surface area contributed by atoms with E-state index in [9.17, 15) is 0 Å². The van der Waals surface area contributed by atoms with Crippen molar-refractivity contribution in [2.45, 2.75) is 34.1 Å². The average Bonchev–Trinajstić information content (AvgIpc) is 1.82. The standard InChI is InChI=1S/C12H17/c1-10-6-5-7-11(8-10)9-12(2,3)4/h5-7H,9H2,1-4H3. The summed E-state index contributed by atoms with van der Waals surface area (Å²) in [7, 11) is 0. The minimum atomic E-state index is 0.365. The molecule has 0 atom stereocenters. The highest BCUT2D eigenvalue weighted by Gasteiger charge is 2.10. The maximum absolute atomic E-state index is 3.36. The molecule has 0 bridgehead atoms. The molecule has 0 nitrogen and oxygen atoms in total. The number of hydrogen-bond acceptors (Lipinski definition) is 0. The third-order valence-corrected chi connectivity index (χ3v) is 1.72. The number of benzene rings is 1. The topological polar surface area (TPSA) is 0 Å². The monoisotopic (exact) mass is 161 g/mol. The van der Waals surface area contributed by atoms with Crippen LogP contribution in [0.4, 0.5) is 0 Å². The molecule has 0 spiro atoms. The van der Waals surface area contributed by atoms with Gasteiger partial charge in [-0.3, -0.25) is 0 Å². The van der Waals surface area contributed by atoms with Gasteiger partial charge in [-0.2, -0.15) is 0 Å². The van der Waals surface area contributed by atoms with Gasteiger partial charge < -0.3 is 0 Å². The summed E-state index contributed by atoms with van der Waals surface area (Å²) in [5.74, 6) is 0. The first kappa shape index (κ1) is 9.31. The van der Waals surface area contributed by atoms with Crippen LogP contribution in [0.15, 0.2) is 18.2 Å². The van der Waals surface area contributed by atoms with Gasteiger partial charge in [-0.1, -0.05) is 39.0 Å². The predicted molar refractivity (Wildman–Crippen MR) is 53.2 cm³/mol. The van der Waals surface area contributed by atoms with Gasteiger partial charge in [0.1, 0.15) is 0 Å². The molecule has 0 saturated carbocycles. The van der Waals surface area contributed by atoms with Crippen molar-refractivity contribution in [3.8, 4) is 0 Å². The van der Waals surface area contributed by atoms with Crippen molar-refractivity contribution in [3.05, 3.63) is 35.4 Å². The van der Waals surface area contributed by atoms with Gasteiger partial charge in [0.2, 0.25) is 0 Å². The Hall–Kier alpha value is -0.780. The van der Waals surface area contributed by atoms with Crippen molar-refractivity contribution in [2.75, 3.05) is 0 Å². The summed E-state index contributed by atoms with van der Waals surface area (Å²) in [6.45, 7) is 8.85. The zero-order valence-corrected chi connectivity index (χ0v) is 8.44. The molecule has 0 heterocycles. The van der Waals surface area contributed by atoms with Crippen LogP contribution in [0, 0.1) is 18.4 Å². The predicted octanol–water partition coefficient (Wildman–Crippen LogP) is 3.38. The summed E-state index contributed by atoms with van der Waals surface area (Å²) in [5.41, 5.74) is 2.92. The minimum absolute atomic E-state index is 0.365. The molecule has 0 amide bonds. The maximum atomic E-state index is 3.36. The van der Waals surface area contributed by atoms with E-state index in [4.69, 9.17) is 0 Å². The van der Waals surface area contributed by atoms with Gasteiger partial charge in [-0.25, -0.2) is 0 Å². The van der Waals surface area contributed by atoms with E-state index in [0.29, 0.717) is 5.41 Å². The van der Waals surface area contributed by atoms with Gasteiger partial charge in [0.25, 0.3) is 0 Å². The largest absolute Gasteiger partial charge is 0.0617 e. The molecule has 0 aliphatic carbocycles. The zero-order valence-electron chi connectivity index (χ0n) is 8.44. The fraction of sp³-hybridized carbons (Fsp3) is 0.500. The van der Waals surface area contributed by atoms with Gasteiger partial charge in [0, 0.05) is 0 Å². The number of rotatable bonds is 1. The van der Waals surface area contributed by atoms with Crippen molar-refractivity contribution >= 4 is 0 Å². The molecular weight excluding hydrogens is 144 g/mol. The van der Waals surface area contributed by atoms with Gasteiger partial charge in [-0.05, 0) is 36.0 Å². The molecule has 1 rings (SSSR count). The van der Waals surface area contributed by atoms with Crippen LogP contribution in [-0.2, 0) is 6.42 Å². The molecule has 0 aromatic heterocycles. The zero-order chi connectivity index (χ0) is 9.19. The Morgan fingerprint density at radius 3 is 2.42 bits per heavy atom. The molecule has 65 valence electrons. The van der Waals surface area contributed by atoms with E-state index >= 15 is 0 Å². The molecule has 12 heavy (non-hydrogen) atoms. The van der Waals surface area contributed by atoms with Crippen molar-refractivity contribution in [2.24, 2.45) is 5.41 Å². The van der Waals surface area contributed by atoms with Crippen LogP contribution < -0.4 is 0 Å². The minimum Gasteiger partial charge on any atom is -0.0617 e. The molecule has 1 aromatic carbocycles. The lowest BCUT2D eigenvalue weighted by atomic mass is 9.88. The van der Waals surface area contributed by atoms with Crippen LogP contribution in [0.2, 0.25) is 0 Å². The second kappa shape index (κ2) is 3.30. The fourth-order valence-electron chi connectivity index (χ4n) is 1.32. The number of aryl methyl sites for hydroxylation is 1. The second-order valence-electron chi connectivity index (χ2n) is 4.60. The van der Waals surface area contributed by atoms with Crippen molar-refractivity contribution in [1.29, 1.82) is 0 Å². The van der Waals surface area contributed by atoms with Gasteiger partial charge in [-0.15, -0.1) is 0 Å². The molecule has 0 unspecified atom stereocenters. The van der Waals surface area contributed by atoms with Crippen LogP contribution in [0.25, 0.3) is 0 Å². The molecule has 0 saturated heterocycles. The number of hydrogen-bond donors (Lipinski definition) is 0. The Labute approximate surface area is 75.6 Å². The molecule has 1 aromatic rings. The summed E-state index contributed by atoms with van der Waals surface area (Å²) in [6, 6.07) is 9.71. The summed E-state index contributed by atoms with van der Waals surface area (Å²) < 4.78 is 0. The molecule has 1 radical (unpaired) electrons. The van der Waals surface area contributed by atoms with E-state index in [-0.39, 0.29) is 0 Å². The van der Waals surface area contributed by atoms with Gasteiger partial charge in [0.05, 0.1) is 0 Å². The normalized spacial score (nSPS) is 11.7. The summed E-state index contributed by atoms with van der Waals surface area (Å²) >= 11 is 0. The Kier molecular flexibility index (Phi) is 2.56. The first-order chi connectivity index (χ1) is 5.47. The smallest absolute Gasteiger partial charge is 0.0117 e. The van der Waals surface area contributed by atoms with Gasteiger partial charge >= 0.3 is 0 Å². The first-order valence-corrected chi connectivity index (χ1v) is 4.45. The Balaban J connectivity index is 2.77. The van der Waals surface area contributed by atoms with Gasteiger partial charge in [0.15, 0.2) is 0 Å². The van der Waals surface area contributed by atoms with E-state index in [0.717, 1.165) is 6.42 Å². The van der Waals surface area contributed by atoms with E-state index < -0.39 is 0 Å². The van der Waals surface area contributed by atoms with Crippen molar-refractivity contribution in [3.63, 3.8) is 0 Å². The molecule has 0 N–H and O–H groups in total. The van der Waals surface area contributed by atoms with E-state index in [1.165, 1.54) is 11.1 Å². The summed E-state index contributed by atoms with van der Waals surface area (Å²) in [5, 5.41) is 0. The Morgan fingerprint density at radius 2 is 1.92 bits per heavy atom. The van der Waals surface area contributed by atoms with Crippen LogP contribution in [0.5, 0.6) is 0 Å². The van der Waals surface area contributed by atoms with E-state index in [2.05, 4.69) is 52.0 Å². The third-order valence-electron chi connectivity index (χ3n) is 1.72. The quantitative estimate of drug-likeness (QED) is 0.592. The molecular formula is C12H17. The Bertz CT molecular complexity index is 253. The van der Waals surface area contributed by atoms with Crippen LogP contribution in [-0.4, -0.2) is 0 Å². The van der Waals surface area contributed by atoms with E-state index in [1.54, 1.807) is 0 Å². The summed E-state index contributed by atoms with van der Waals surface area (Å²) in [4.78, 5) is 0. The van der Waals surface area contributed by atoms with Crippen molar-refractivity contribution in [1.82, 2.24) is 0 Å². The lowest BCUT2D eigenvalue weighted by Gasteiger charge is -2.17. The van der Waals surface area contributed by atoms with Crippen LogP contribution in [0.3, 0.4) is 0 Å². The highest BCUT2D eigenvalue weighted by Crippen LogP contribution is 2.20. The lowest BCUT2D eigenvalue weighted by Crippen LogP contribution is -2.09. The molecule has 0 aliphatic rings. The molecule has 0 heteroatoms. The third kappa shape index (κ3) is 3.08. The van der Waals surface area contributed by atoms with Crippen LogP contribution in [0.1, 0.15) is 31.9 Å². The SMILES string of the molecule is Cc1[c]c(CC(C)(C)C)ccc1. The Morgan fingerprint density at radius 1 is 1.25 bits per heavy atom. The second-order valence-corrected chi connectivity index (χ2v) is 4.60. The fourth-order valence-corrected chi connectivity index (χ4v) is 1.32. The highest BCUT2D eigenvalue weighted by molar-refractivity contribution is 5.21. The first-order valence-electron chi connectivity index (χ1n) is 4.45. The molecule has 0 fully saturated rings. The van der Waals surface area contributed by atoms with Crippen LogP contribution >= 0.6 is 0 Å². The average molecular weight is 161 g/mol. The highest BCUT2D eigenvalue weighted by atomic mass is 14.2. The summed E-state index contributed by atoms with van der Waals surface area (Å²) in [6.07, 6.45) is 1.11. The lowest BCUT2D eigenvalue weighted by molar-refractivity contribution is 0.411.